The van der Waals surface area contributed by atoms with Gasteiger partial charge in [-0.25, -0.2) is 4.98 Å². The third-order valence-corrected chi connectivity index (χ3v) is 4.57. The van der Waals surface area contributed by atoms with Crippen LogP contribution >= 0.6 is 0 Å². The number of ether oxygens (including phenoxy) is 1. The molecule has 146 valence electrons. The van der Waals surface area contributed by atoms with Crippen LogP contribution in [0.15, 0.2) is 30.6 Å². The summed E-state index contributed by atoms with van der Waals surface area (Å²) in [5.74, 6) is 1.81. The first kappa shape index (κ1) is 18.3. The second-order valence-corrected chi connectivity index (χ2v) is 6.79. The zero-order chi connectivity index (χ0) is 19.3. The molecular weight excluding hydrogens is 358 g/mol. The molecule has 28 heavy (non-hydrogen) atoms. The lowest BCUT2D eigenvalue weighted by atomic mass is 10.2. The van der Waals surface area contributed by atoms with Crippen LogP contribution in [0.5, 0.6) is 0 Å². The van der Waals surface area contributed by atoms with E-state index in [1.165, 1.54) is 0 Å². The molecule has 9 nitrogen and oxygen atoms in total. The largest absolute Gasteiger partial charge is 0.376 e. The molecule has 9 heteroatoms. The van der Waals surface area contributed by atoms with E-state index in [4.69, 9.17) is 4.74 Å². The second-order valence-electron chi connectivity index (χ2n) is 6.79. The maximum absolute atomic E-state index is 12.0. The van der Waals surface area contributed by atoms with E-state index in [9.17, 15) is 4.79 Å². The highest BCUT2D eigenvalue weighted by atomic mass is 16.5. The molecule has 1 saturated heterocycles. The van der Waals surface area contributed by atoms with Crippen molar-refractivity contribution in [3.63, 3.8) is 0 Å². The standard InChI is InChI=1S/C19H23N7O2/c1-13-10-16(21-8-6-17(27)22-12-15-5-3-9-28-15)26-19(23-13)24-18(25-26)14-4-2-7-20-11-14/h2,4,7,10-11,15,21H,3,5-6,8-9,12H2,1H3,(H,22,27)/t15-/m1/s1. The van der Waals surface area contributed by atoms with E-state index < -0.39 is 0 Å². The normalized spacial score (nSPS) is 16.4. The molecule has 0 bridgehead atoms. The van der Waals surface area contributed by atoms with Crippen molar-refractivity contribution in [3.8, 4) is 11.4 Å². The number of carbonyl (C=O) groups is 1. The number of aryl methyl sites for hydroxylation is 1. The summed E-state index contributed by atoms with van der Waals surface area (Å²) in [5, 5.41) is 10.7. The Morgan fingerprint density at radius 3 is 3.11 bits per heavy atom. The molecule has 0 aliphatic carbocycles. The van der Waals surface area contributed by atoms with Crippen LogP contribution in [0.2, 0.25) is 0 Å². The SMILES string of the molecule is Cc1cc(NCCC(=O)NC[C@H]2CCCO2)n2nc(-c3cccnc3)nc2n1. The Bertz CT molecular complexity index is 952. The van der Waals surface area contributed by atoms with Crippen LogP contribution in [0.3, 0.4) is 0 Å². The number of anilines is 1. The number of pyridine rings is 1. The van der Waals surface area contributed by atoms with E-state index in [2.05, 4.69) is 30.7 Å². The summed E-state index contributed by atoms with van der Waals surface area (Å²) >= 11 is 0. The number of nitrogens with zero attached hydrogens (tertiary/aromatic N) is 5. The monoisotopic (exact) mass is 381 g/mol. The number of carbonyl (C=O) groups excluding carboxylic acids is 1. The van der Waals surface area contributed by atoms with Crippen LogP contribution in [0.4, 0.5) is 5.82 Å². The lowest BCUT2D eigenvalue weighted by Gasteiger charge is -2.11. The van der Waals surface area contributed by atoms with Gasteiger partial charge in [-0.05, 0) is 31.9 Å². The molecule has 3 aromatic heterocycles. The summed E-state index contributed by atoms with van der Waals surface area (Å²) in [5.41, 5.74) is 1.65. The van der Waals surface area contributed by atoms with E-state index in [1.807, 2.05) is 25.1 Å². The average molecular weight is 381 g/mol. The first-order valence-corrected chi connectivity index (χ1v) is 9.46. The highest BCUT2D eigenvalue weighted by molar-refractivity contribution is 5.76. The van der Waals surface area contributed by atoms with E-state index >= 15 is 0 Å². The first-order valence-electron chi connectivity index (χ1n) is 9.46. The smallest absolute Gasteiger partial charge is 0.254 e. The lowest BCUT2D eigenvalue weighted by Crippen LogP contribution is -2.32. The van der Waals surface area contributed by atoms with Crippen LogP contribution in [-0.4, -0.2) is 56.3 Å². The fraction of sp³-hybridized carbons (Fsp3) is 0.421. The van der Waals surface area contributed by atoms with Crippen molar-refractivity contribution in [2.24, 2.45) is 0 Å². The van der Waals surface area contributed by atoms with Gasteiger partial charge in [0.05, 0.1) is 6.10 Å². The fourth-order valence-electron chi connectivity index (χ4n) is 3.16. The highest BCUT2D eigenvalue weighted by Crippen LogP contribution is 2.17. The predicted molar refractivity (Wildman–Crippen MR) is 104 cm³/mol. The molecule has 1 atom stereocenters. The molecule has 1 aliphatic rings. The summed E-state index contributed by atoms with van der Waals surface area (Å²) in [6, 6.07) is 5.63. The molecule has 0 aromatic carbocycles. The fourth-order valence-corrected chi connectivity index (χ4v) is 3.16. The van der Waals surface area contributed by atoms with Gasteiger partial charge in [0.1, 0.15) is 5.82 Å². The van der Waals surface area contributed by atoms with E-state index in [-0.39, 0.29) is 12.0 Å². The van der Waals surface area contributed by atoms with Crippen LogP contribution in [0, 0.1) is 6.92 Å². The van der Waals surface area contributed by atoms with Gasteiger partial charge in [-0.15, -0.1) is 5.10 Å². The van der Waals surface area contributed by atoms with Crippen molar-refractivity contribution in [3.05, 3.63) is 36.3 Å². The molecule has 4 heterocycles. The summed E-state index contributed by atoms with van der Waals surface area (Å²) < 4.78 is 7.17. The number of hydrogen-bond donors (Lipinski definition) is 2. The summed E-state index contributed by atoms with van der Waals surface area (Å²) in [6.07, 6.45) is 6.02. The van der Waals surface area contributed by atoms with Gasteiger partial charge < -0.3 is 15.4 Å². The second kappa shape index (κ2) is 8.30. The van der Waals surface area contributed by atoms with Gasteiger partial charge in [0.15, 0.2) is 5.82 Å². The van der Waals surface area contributed by atoms with Crippen LogP contribution in [-0.2, 0) is 9.53 Å². The first-order chi connectivity index (χ1) is 13.7. The molecule has 3 aromatic rings. The number of amides is 1. The molecule has 1 amide bonds. The Hall–Kier alpha value is -3.07. The summed E-state index contributed by atoms with van der Waals surface area (Å²) in [4.78, 5) is 25.1. The lowest BCUT2D eigenvalue weighted by molar-refractivity contribution is -0.121. The Balaban J connectivity index is 1.40. The molecule has 0 spiro atoms. The van der Waals surface area contributed by atoms with Gasteiger partial charge in [-0.1, -0.05) is 0 Å². The van der Waals surface area contributed by atoms with Gasteiger partial charge in [0, 0.05) is 55.8 Å². The van der Waals surface area contributed by atoms with Gasteiger partial charge in [-0.3, -0.25) is 9.78 Å². The number of hydrogen-bond acceptors (Lipinski definition) is 7. The van der Waals surface area contributed by atoms with Crippen molar-refractivity contribution in [2.45, 2.75) is 32.3 Å². The molecular formula is C19H23N7O2. The number of fused-ring (bicyclic) bond motifs is 1. The zero-order valence-corrected chi connectivity index (χ0v) is 15.8. The quantitative estimate of drug-likeness (QED) is 0.640. The van der Waals surface area contributed by atoms with Gasteiger partial charge >= 0.3 is 0 Å². The third-order valence-electron chi connectivity index (χ3n) is 4.57. The molecule has 2 N–H and O–H groups in total. The Kier molecular flexibility index (Phi) is 5.43. The van der Waals surface area contributed by atoms with E-state index in [1.54, 1.807) is 16.9 Å². The third kappa shape index (κ3) is 4.25. The maximum Gasteiger partial charge on any atom is 0.254 e. The van der Waals surface area contributed by atoms with Crippen LogP contribution in [0.25, 0.3) is 17.2 Å². The van der Waals surface area contributed by atoms with Gasteiger partial charge in [0.2, 0.25) is 5.91 Å². The predicted octanol–water partition coefficient (Wildman–Crippen LogP) is 1.59. The average Bonchev–Trinajstić information content (AvgIpc) is 3.36. The zero-order valence-electron chi connectivity index (χ0n) is 15.8. The number of nitrogens with one attached hydrogen (secondary N) is 2. The van der Waals surface area contributed by atoms with E-state index in [0.717, 1.165) is 36.5 Å². The molecule has 0 unspecified atom stereocenters. The topological polar surface area (TPSA) is 106 Å². The minimum Gasteiger partial charge on any atom is -0.376 e. The molecule has 0 radical (unpaired) electrons. The molecule has 0 saturated carbocycles. The van der Waals surface area contributed by atoms with Gasteiger partial charge in [0.25, 0.3) is 5.78 Å². The number of rotatable bonds is 7. The molecule has 1 fully saturated rings. The van der Waals surface area contributed by atoms with Crippen LogP contribution in [0.1, 0.15) is 25.0 Å². The Morgan fingerprint density at radius 1 is 1.39 bits per heavy atom. The van der Waals surface area contributed by atoms with Crippen LogP contribution < -0.4 is 10.6 Å². The van der Waals surface area contributed by atoms with Crippen molar-refractivity contribution in [1.29, 1.82) is 0 Å². The van der Waals surface area contributed by atoms with Gasteiger partial charge in [-0.2, -0.15) is 9.50 Å². The number of aromatic nitrogens is 5. The highest BCUT2D eigenvalue weighted by Gasteiger charge is 2.16. The maximum atomic E-state index is 12.0. The Morgan fingerprint density at radius 2 is 2.32 bits per heavy atom. The molecule has 4 rings (SSSR count). The van der Waals surface area contributed by atoms with Crippen molar-refractivity contribution < 1.29 is 9.53 Å². The summed E-state index contributed by atoms with van der Waals surface area (Å²) in [6.45, 7) is 3.75. The van der Waals surface area contributed by atoms with Crippen molar-refractivity contribution in [2.75, 3.05) is 25.0 Å². The molecule has 1 aliphatic heterocycles. The van der Waals surface area contributed by atoms with Crippen molar-refractivity contribution in [1.82, 2.24) is 29.9 Å². The summed E-state index contributed by atoms with van der Waals surface area (Å²) in [7, 11) is 0. The minimum atomic E-state index is -0.000314. The van der Waals surface area contributed by atoms with E-state index in [0.29, 0.717) is 31.1 Å². The Labute approximate surface area is 162 Å². The van der Waals surface area contributed by atoms with Crippen molar-refractivity contribution >= 4 is 17.5 Å². The minimum absolute atomic E-state index is 0.000314.